The van der Waals surface area contributed by atoms with E-state index in [9.17, 15) is 0 Å². The number of hydrogen-bond acceptors (Lipinski definition) is 5. The van der Waals surface area contributed by atoms with Crippen LogP contribution < -0.4 is 0 Å². The Morgan fingerprint density at radius 2 is 0.720 bits per heavy atom. The lowest BCUT2D eigenvalue weighted by Gasteiger charge is -2.12. The number of imidazole rings is 2. The van der Waals surface area contributed by atoms with Crippen LogP contribution in [0.4, 0.5) is 0 Å². The molecule has 0 amide bonds. The summed E-state index contributed by atoms with van der Waals surface area (Å²) in [7, 11) is 4.23. The van der Waals surface area contributed by atoms with Crippen LogP contribution in [0, 0.1) is 0 Å². The van der Waals surface area contributed by atoms with Crippen LogP contribution in [0.1, 0.15) is 128 Å². The minimum atomic E-state index is 0.927. The molecule has 2 aromatic carbocycles. The Hall–Kier alpha value is -2.77. The summed E-state index contributed by atoms with van der Waals surface area (Å²) in [6.07, 6.45) is 27.0. The number of fused-ring (bicyclic) bond motifs is 10. The van der Waals surface area contributed by atoms with Gasteiger partial charge in [-0.1, -0.05) is 155 Å². The lowest BCUT2D eigenvalue weighted by Crippen LogP contribution is -2.04. The molecule has 0 fully saturated rings. The van der Waals surface area contributed by atoms with Gasteiger partial charge in [-0.2, -0.15) is 0 Å². The first-order valence-electron chi connectivity index (χ1n) is 20.0. The zero-order valence-electron chi connectivity index (χ0n) is 30.4. The summed E-state index contributed by atoms with van der Waals surface area (Å²) < 4.78 is 4.82. The molecular formula is C43H59N5S2. The number of benzene rings is 2. The van der Waals surface area contributed by atoms with Crippen LogP contribution in [-0.2, 0) is 13.1 Å². The topological polar surface area (TPSA) is 48.5 Å². The maximum atomic E-state index is 5.27. The van der Waals surface area contributed by atoms with Gasteiger partial charge in [0.1, 0.15) is 11.4 Å². The zero-order valence-corrected chi connectivity index (χ0v) is 32.0. The van der Waals surface area contributed by atoms with Gasteiger partial charge in [-0.15, -0.1) is 0 Å². The third-order valence-corrected chi connectivity index (χ3v) is 12.9. The molecule has 0 unspecified atom stereocenters. The second kappa shape index (κ2) is 20.9. The lowest BCUT2D eigenvalue weighted by molar-refractivity contribution is 0.539. The Bertz CT molecular complexity index is 1590. The van der Waals surface area contributed by atoms with Crippen LogP contribution in [-0.4, -0.2) is 35.6 Å². The third kappa shape index (κ3) is 10.9. The maximum absolute atomic E-state index is 5.27. The summed E-state index contributed by atoms with van der Waals surface area (Å²) in [6.45, 7) is 1.94. The van der Waals surface area contributed by atoms with Gasteiger partial charge in [0.2, 0.25) is 0 Å². The SMILES string of the molecule is c1cc2nc(c1)-c1nc3ccccc3n1CCCCCCCCCCCCSSCCCCCCCCCCCCn1c-2nc2ccccc21. The average molecular weight is 710 g/mol. The second-order valence-corrected chi connectivity index (χ2v) is 17.0. The van der Waals surface area contributed by atoms with Crippen molar-refractivity contribution in [1.82, 2.24) is 24.1 Å². The van der Waals surface area contributed by atoms with Crippen LogP contribution in [0.5, 0.6) is 0 Å². The molecule has 1 aliphatic heterocycles. The van der Waals surface area contributed by atoms with Crippen molar-refractivity contribution in [1.29, 1.82) is 0 Å². The van der Waals surface area contributed by atoms with Crippen molar-refractivity contribution in [3.63, 3.8) is 0 Å². The van der Waals surface area contributed by atoms with Crippen molar-refractivity contribution in [2.24, 2.45) is 0 Å². The molecule has 50 heavy (non-hydrogen) atoms. The quantitative estimate of drug-likeness (QED) is 0.150. The highest BCUT2D eigenvalue weighted by Gasteiger charge is 2.17. The zero-order chi connectivity index (χ0) is 34.1. The Balaban J connectivity index is 1.14. The predicted molar refractivity (Wildman–Crippen MR) is 219 cm³/mol. The first kappa shape index (κ1) is 37.0. The fourth-order valence-electron chi connectivity index (χ4n) is 7.49. The molecule has 268 valence electrons. The van der Waals surface area contributed by atoms with E-state index < -0.39 is 0 Å². The monoisotopic (exact) mass is 709 g/mol. The molecular weight excluding hydrogens is 651 g/mol. The van der Waals surface area contributed by atoms with Crippen LogP contribution >= 0.6 is 21.6 Å². The van der Waals surface area contributed by atoms with E-state index in [1.165, 1.54) is 151 Å². The standard InChI is InChI=1S/C43H59N5S2/c1-3-7-11-15-23-34-49-50-35-24-16-12-8-4-2-6-10-14-22-33-48-41-31-20-18-27-37(41)46-43(48)39-29-25-28-38(44-39)42-45-36-26-17-19-30-40(36)47(42)32-21-13-9-5-1/h17-20,25-31H,1-16,21-24,32-35H2. The maximum Gasteiger partial charge on any atom is 0.159 e. The molecule has 0 N–H and O–H groups in total. The van der Waals surface area contributed by atoms with Crippen molar-refractivity contribution in [3.05, 3.63) is 66.7 Å². The van der Waals surface area contributed by atoms with Gasteiger partial charge in [0.25, 0.3) is 0 Å². The van der Waals surface area contributed by atoms with E-state index >= 15 is 0 Å². The van der Waals surface area contributed by atoms with Gasteiger partial charge < -0.3 is 9.13 Å². The fraction of sp³-hybridized carbons (Fsp3) is 0.558. The molecule has 4 heterocycles. The molecule has 0 radical (unpaired) electrons. The summed E-state index contributed by atoms with van der Waals surface area (Å²) in [5, 5.41) is 0. The largest absolute Gasteiger partial charge is 0.323 e. The van der Waals surface area contributed by atoms with Gasteiger partial charge in [-0.25, -0.2) is 15.0 Å². The van der Waals surface area contributed by atoms with E-state index in [1.807, 2.05) is 0 Å². The van der Waals surface area contributed by atoms with Crippen LogP contribution in [0.2, 0.25) is 0 Å². The summed E-state index contributed by atoms with van der Waals surface area (Å²) in [5.41, 5.74) is 6.34. The van der Waals surface area contributed by atoms with Crippen molar-refractivity contribution >= 4 is 43.7 Å². The van der Waals surface area contributed by atoms with Gasteiger partial charge in [0.15, 0.2) is 11.6 Å². The minimum Gasteiger partial charge on any atom is -0.323 e. The first-order chi connectivity index (χ1) is 24.9. The molecule has 0 aliphatic carbocycles. The fourth-order valence-corrected chi connectivity index (χ4v) is 9.78. The summed E-state index contributed by atoms with van der Waals surface area (Å²) >= 11 is 0. The molecule has 0 saturated carbocycles. The first-order valence-corrected chi connectivity index (χ1v) is 22.5. The number of aromatic nitrogens is 5. The summed E-state index contributed by atoms with van der Waals surface area (Å²) in [6, 6.07) is 23.5. The van der Waals surface area contributed by atoms with Gasteiger partial charge >= 0.3 is 0 Å². The van der Waals surface area contributed by atoms with E-state index in [0.717, 1.165) is 47.2 Å². The molecule has 5 nitrogen and oxygen atoms in total. The van der Waals surface area contributed by atoms with Gasteiger partial charge in [0, 0.05) is 24.6 Å². The number of aryl methyl sites for hydroxylation is 2. The van der Waals surface area contributed by atoms with Crippen molar-refractivity contribution < 1.29 is 0 Å². The number of para-hydroxylation sites is 4. The molecule has 5 aromatic rings. The van der Waals surface area contributed by atoms with E-state index in [2.05, 4.69) is 97.5 Å². The molecule has 0 saturated heterocycles. The van der Waals surface area contributed by atoms with Crippen molar-refractivity contribution in [2.75, 3.05) is 11.5 Å². The van der Waals surface area contributed by atoms with E-state index in [1.54, 1.807) is 0 Å². The van der Waals surface area contributed by atoms with E-state index in [0.29, 0.717) is 0 Å². The molecule has 7 heteroatoms. The van der Waals surface area contributed by atoms with Gasteiger partial charge in [-0.3, -0.25) is 0 Å². The third-order valence-electron chi connectivity index (χ3n) is 10.3. The Kier molecular flexibility index (Phi) is 15.5. The molecule has 6 rings (SSSR count). The highest BCUT2D eigenvalue weighted by Crippen LogP contribution is 2.30. The normalized spacial score (nSPS) is 18.3. The highest BCUT2D eigenvalue weighted by molar-refractivity contribution is 8.76. The molecule has 0 atom stereocenters. The number of rotatable bonds is 0. The Labute approximate surface area is 309 Å². The molecule has 1 aliphatic rings. The predicted octanol–water partition coefficient (Wildman–Crippen LogP) is 13.3. The summed E-state index contributed by atoms with van der Waals surface area (Å²) in [4.78, 5) is 15.5. The smallest absolute Gasteiger partial charge is 0.159 e. The average Bonchev–Trinajstić information content (AvgIpc) is 3.71. The Morgan fingerprint density at radius 3 is 1.14 bits per heavy atom. The molecule has 3 aromatic heterocycles. The van der Waals surface area contributed by atoms with Gasteiger partial charge in [-0.05, 0) is 62.1 Å². The van der Waals surface area contributed by atoms with Crippen LogP contribution in [0.3, 0.4) is 0 Å². The second-order valence-electron chi connectivity index (χ2n) is 14.3. The number of nitrogens with zero attached hydrogens (tertiary/aromatic N) is 5. The minimum absolute atomic E-state index is 0.927. The highest BCUT2D eigenvalue weighted by atomic mass is 33.1. The molecule has 0 spiro atoms. The van der Waals surface area contributed by atoms with Crippen molar-refractivity contribution in [3.8, 4) is 23.0 Å². The number of hydrogen-bond donors (Lipinski definition) is 0. The van der Waals surface area contributed by atoms with Crippen LogP contribution in [0.15, 0.2) is 66.7 Å². The van der Waals surface area contributed by atoms with Crippen molar-refractivity contribution in [2.45, 2.75) is 142 Å². The number of pyridine rings is 1. The Morgan fingerprint density at radius 1 is 0.360 bits per heavy atom. The summed E-state index contributed by atoms with van der Waals surface area (Å²) in [5.74, 6) is 4.60. The van der Waals surface area contributed by atoms with E-state index in [-0.39, 0.29) is 0 Å². The van der Waals surface area contributed by atoms with Crippen LogP contribution in [0.25, 0.3) is 45.1 Å². The van der Waals surface area contributed by atoms with E-state index in [4.69, 9.17) is 15.0 Å². The van der Waals surface area contributed by atoms with Gasteiger partial charge in [0.05, 0.1) is 22.1 Å². The molecule has 2 bridgehead atoms. The lowest BCUT2D eigenvalue weighted by atomic mass is 10.1.